The van der Waals surface area contributed by atoms with Gasteiger partial charge in [0.25, 0.3) is 5.91 Å². The molecule has 3 amide bonds. The highest BCUT2D eigenvalue weighted by Crippen LogP contribution is 2.33. The van der Waals surface area contributed by atoms with Crippen molar-refractivity contribution in [2.45, 2.75) is 70.2 Å². The van der Waals surface area contributed by atoms with Crippen LogP contribution in [-0.4, -0.2) is 51.7 Å². The third-order valence-electron chi connectivity index (χ3n) is 6.48. The molecule has 0 radical (unpaired) electrons. The Morgan fingerprint density at radius 2 is 2.00 bits per heavy atom. The van der Waals surface area contributed by atoms with Gasteiger partial charge in [0.05, 0.1) is 0 Å². The van der Waals surface area contributed by atoms with Crippen LogP contribution < -0.4 is 11.1 Å². The zero-order valence-electron chi connectivity index (χ0n) is 16.5. The fourth-order valence-corrected chi connectivity index (χ4v) is 4.60. The monoisotopic (exact) mass is 384 g/mol. The van der Waals surface area contributed by atoms with Gasteiger partial charge < -0.3 is 10.6 Å². The van der Waals surface area contributed by atoms with E-state index in [1.165, 1.54) is 0 Å². The lowest BCUT2D eigenvalue weighted by Gasteiger charge is -2.45. The number of fused-ring (bicyclic) bond motifs is 1. The summed E-state index contributed by atoms with van der Waals surface area (Å²) in [6, 6.07) is 5.41. The van der Waals surface area contributed by atoms with Crippen molar-refractivity contribution in [1.82, 2.24) is 15.1 Å². The second-order valence-electron chi connectivity index (χ2n) is 8.83. The molecule has 150 valence electrons. The quantitative estimate of drug-likeness (QED) is 0.762. The van der Waals surface area contributed by atoms with Crippen molar-refractivity contribution < 1.29 is 14.4 Å². The molecule has 2 unspecified atom stereocenters. The highest BCUT2D eigenvalue weighted by atomic mass is 16.2. The third-order valence-corrected chi connectivity index (χ3v) is 6.48. The molecule has 3 aliphatic rings. The van der Waals surface area contributed by atoms with Gasteiger partial charge in [0, 0.05) is 43.2 Å². The van der Waals surface area contributed by atoms with E-state index in [4.69, 9.17) is 5.73 Å². The highest BCUT2D eigenvalue weighted by molar-refractivity contribution is 6.05. The third kappa shape index (κ3) is 3.33. The smallest absolute Gasteiger partial charge is 0.255 e. The van der Waals surface area contributed by atoms with Crippen molar-refractivity contribution >= 4 is 17.7 Å². The van der Waals surface area contributed by atoms with Gasteiger partial charge in [0.1, 0.15) is 6.04 Å². The maximum atomic E-state index is 13.0. The summed E-state index contributed by atoms with van der Waals surface area (Å²) in [6.45, 7) is 6.46. The van der Waals surface area contributed by atoms with Gasteiger partial charge in [-0.1, -0.05) is 12.1 Å². The molecule has 1 aromatic rings. The minimum Gasteiger partial charge on any atom is -0.327 e. The molecule has 0 bridgehead atoms. The van der Waals surface area contributed by atoms with Crippen LogP contribution in [0.4, 0.5) is 0 Å². The predicted molar refractivity (Wildman–Crippen MR) is 104 cm³/mol. The van der Waals surface area contributed by atoms with Gasteiger partial charge in [-0.3, -0.25) is 24.6 Å². The zero-order valence-corrected chi connectivity index (χ0v) is 16.5. The molecule has 0 spiro atoms. The van der Waals surface area contributed by atoms with Crippen molar-refractivity contribution in [1.29, 1.82) is 0 Å². The van der Waals surface area contributed by atoms with Gasteiger partial charge in [-0.15, -0.1) is 0 Å². The molecule has 0 saturated carbocycles. The molecule has 1 aromatic carbocycles. The van der Waals surface area contributed by atoms with E-state index in [1.54, 1.807) is 4.90 Å². The Bertz CT molecular complexity index is 835. The topological polar surface area (TPSA) is 95.7 Å². The molecule has 3 aliphatic heterocycles. The summed E-state index contributed by atoms with van der Waals surface area (Å²) in [6.07, 6.45) is 2.72. The Morgan fingerprint density at radius 1 is 1.21 bits per heavy atom. The number of amides is 3. The van der Waals surface area contributed by atoms with Crippen molar-refractivity contribution in [3.05, 3.63) is 34.9 Å². The number of carbonyl (C=O) groups excluding carboxylic acids is 3. The Hall–Kier alpha value is -2.25. The summed E-state index contributed by atoms with van der Waals surface area (Å²) >= 11 is 0. The molecule has 3 heterocycles. The summed E-state index contributed by atoms with van der Waals surface area (Å²) < 4.78 is 0. The van der Waals surface area contributed by atoms with Crippen LogP contribution in [0.15, 0.2) is 18.2 Å². The fraction of sp³-hybridized carbons (Fsp3) is 0.571. The van der Waals surface area contributed by atoms with Gasteiger partial charge in [0.2, 0.25) is 11.8 Å². The fourth-order valence-electron chi connectivity index (χ4n) is 4.60. The maximum Gasteiger partial charge on any atom is 0.255 e. The molecule has 4 rings (SSSR count). The van der Waals surface area contributed by atoms with E-state index >= 15 is 0 Å². The summed E-state index contributed by atoms with van der Waals surface area (Å²) in [7, 11) is 0. The second kappa shape index (κ2) is 6.97. The molecular weight excluding hydrogens is 356 g/mol. The molecule has 0 aromatic heterocycles. The number of hydrogen-bond donors (Lipinski definition) is 2. The number of hydrogen-bond acceptors (Lipinski definition) is 5. The lowest BCUT2D eigenvalue weighted by molar-refractivity contribution is -0.136. The number of nitrogens with one attached hydrogen (secondary N) is 1. The number of piperidine rings is 2. The van der Waals surface area contributed by atoms with Gasteiger partial charge in [-0.05, 0) is 50.3 Å². The number of benzene rings is 1. The van der Waals surface area contributed by atoms with Crippen molar-refractivity contribution in [3.8, 4) is 0 Å². The normalized spacial score (nSPS) is 27.7. The predicted octanol–water partition coefficient (Wildman–Crippen LogP) is 1.15. The molecule has 7 heteroatoms. The van der Waals surface area contributed by atoms with Gasteiger partial charge in [-0.2, -0.15) is 0 Å². The number of likely N-dealkylation sites (tertiary alicyclic amines) is 1. The molecule has 7 nitrogen and oxygen atoms in total. The summed E-state index contributed by atoms with van der Waals surface area (Å²) in [5.41, 5.74) is 9.04. The SMILES string of the molecule is CC1(C)CCC(N)CN1Cc1cccc2c1CN(C1CCC(=O)NC1=O)C2=O. The first kappa shape index (κ1) is 19.1. The average molecular weight is 384 g/mol. The Balaban J connectivity index is 1.58. The summed E-state index contributed by atoms with van der Waals surface area (Å²) in [4.78, 5) is 40.7. The molecule has 2 saturated heterocycles. The van der Waals surface area contributed by atoms with E-state index in [1.807, 2.05) is 12.1 Å². The minimum absolute atomic E-state index is 0.0600. The van der Waals surface area contributed by atoms with Crippen LogP contribution in [-0.2, 0) is 22.7 Å². The first-order valence-electron chi connectivity index (χ1n) is 10.0. The molecule has 2 atom stereocenters. The van der Waals surface area contributed by atoms with E-state index in [0.717, 1.165) is 37.1 Å². The van der Waals surface area contributed by atoms with Crippen LogP contribution in [0, 0.1) is 0 Å². The molecular formula is C21H28N4O3. The number of rotatable bonds is 3. The first-order valence-corrected chi connectivity index (χ1v) is 10.0. The Labute approximate surface area is 165 Å². The van der Waals surface area contributed by atoms with Crippen LogP contribution in [0.5, 0.6) is 0 Å². The lowest BCUT2D eigenvalue weighted by Crippen LogP contribution is -2.53. The van der Waals surface area contributed by atoms with Crippen LogP contribution in [0.25, 0.3) is 0 Å². The van der Waals surface area contributed by atoms with Crippen LogP contribution >= 0.6 is 0 Å². The zero-order chi connectivity index (χ0) is 20.1. The molecule has 2 fully saturated rings. The molecule has 3 N–H and O–H groups in total. The number of nitrogens with zero attached hydrogens (tertiary/aromatic N) is 2. The number of nitrogens with two attached hydrogens (primary N) is 1. The van der Waals surface area contributed by atoms with Crippen molar-refractivity contribution in [3.63, 3.8) is 0 Å². The minimum atomic E-state index is -0.578. The van der Waals surface area contributed by atoms with Gasteiger partial charge in [-0.25, -0.2) is 0 Å². The van der Waals surface area contributed by atoms with Crippen LogP contribution in [0.2, 0.25) is 0 Å². The summed E-state index contributed by atoms with van der Waals surface area (Å²) in [5, 5.41) is 2.36. The molecule has 0 aliphatic carbocycles. The second-order valence-corrected chi connectivity index (χ2v) is 8.83. The summed E-state index contributed by atoms with van der Waals surface area (Å²) in [5.74, 6) is -0.766. The number of imide groups is 1. The van der Waals surface area contributed by atoms with Gasteiger partial charge in [0.15, 0.2) is 0 Å². The van der Waals surface area contributed by atoms with E-state index in [2.05, 4.69) is 30.1 Å². The van der Waals surface area contributed by atoms with E-state index in [0.29, 0.717) is 18.5 Å². The van der Waals surface area contributed by atoms with E-state index in [-0.39, 0.29) is 35.7 Å². The number of carbonyl (C=O) groups is 3. The average Bonchev–Trinajstić information content (AvgIpc) is 2.96. The first-order chi connectivity index (χ1) is 13.3. The highest BCUT2D eigenvalue weighted by Gasteiger charge is 2.40. The van der Waals surface area contributed by atoms with E-state index in [9.17, 15) is 14.4 Å². The standard InChI is InChI=1S/C21H28N4O3/c1-21(2)9-8-14(22)11-24(21)10-13-4-3-5-15-16(13)12-25(20(15)28)17-6-7-18(26)23-19(17)27/h3-5,14,17H,6-12,22H2,1-2H3,(H,23,26,27). The Kier molecular flexibility index (Phi) is 4.75. The van der Waals surface area contributed by atoms with Crippen molar-refractivity contribution in [2.24, 2.45) is 5.73 Å². The lowest BCUT2D eigenvalue weighted by atomic mass is 9.87. The van der Waals surface area contributed by atoms with Gasteiger partial charge >= 0.3 is 0 Å². The Morgan fingerprint density at radius 3 is 2.75 bits per heavy atom. The maximum absolute atomic E-state index is 13.0. The van der Waals surface area contributed by atoms with E-state index < -0.39 is 6.04 Å². The molecule has 28 heavy (non-hydrogen) atoms. The van der Waals surface area contributed by atoms with Crippen LogP contribution in [0.1, 0.15) is 61.0 Å². The van der Waals surface area contributed by atoms with Crippen molar-refractivity contribution in [2.75, 3.05) is 6.54 Å². The van der Waals surface area contributed by atoms with Crippen LogP contribution in [0.3, 0.4) is 0 Å². The largest absolute Gasteiger partial charge is 0.327 e.